The van der Waals surface area contributed by atoms with Gasteiger partial charge in [-0.05, 0) is 52.7 Å². The Kier molecular flexibility index (Phi) is 6.53. The molecule has 7 heteroatoms. The van der Waals surface area contributed by atoms with E-state index in [4.69, 9.17) is 4.98 Å². The lowest BCUT2D eigenvalue weighted by Gasteiger charge is -2.17. The fourth-order valence-corrected chi connectivity index (χ4v) is 4.44. The zero-order valence-corrected chi connectivity index (χ0v) is 19.2. The highest BCUT2D eigenvalue weighted by Gasteiger charge is 2.20. The van der Waals surface area contributed by atoms with Crippen LogP contribution in [0.4, 0.5) is 5.69 Å². The van der Waals surface area contributed by atoms with Crippen molar-refractivity contribution in [2.24, 2.45) is 0 Å². The number of carbonyl (C=O) groups is 1. The number of para-hydroxylation sites is 2. The topological polar surface area (TPSA) is 64.0 Å². The number of rotatable bonds is 6. The van der Waals surface area contributed by atoms with E-state index in [9.17, 15) is 9.59 Å². The molecular weight excluding hydrogens is 474 g/mol. The number of anilines is 1. The molecule has 0 radical (unpaired) electrons. The second-order valence-corrected chi connectivity index (χ2v) is 9.18. The normalized spacial score (nSPS) is 11.9. The molecule has 0 spiro atoms. The van der Waals surface area contributed by atoms with Gasteiger partial charge in [-0.2, -0.15) is 0 Å². The highest BCUT2D eigenvalue weighted by molar-refractivity contribution is 9.10. The number of hydrogen-bond acceptors (Lipinski definition) is 4. The summed E-state index contributed by atoms with van der Waals surface area (Å²) < 4.78 is 2.45. The van der Waals surface area contributed by atoms with Crippen molar-refractivity contribution in [3.05, 3.63) is 99.3 Å². The quantitative estimate of drug-likeness (QED) is 0.291. The lowest BCUT2D eigenvalue weighted by molar-refractivity contribution is -0.115. The van der Waals surface area contributed by atoms with E-state index in [0.717, 1.165) is 10.0 Å². The zero-order valence-electron chi connectivity index (χ0n) is 16.8. The molecule has 1 aromatic heterocycles. The Bertz CT molecular complexity index is 1290. The highest BCUT2D eigenvalue weighted by atomic mass is 79.9. The number of carbonyl (C=O) groups excluding carboxylic acids is 1. The van der Waals surface area contributed by atoms with Crippen LogP contribution in [0.5, 0.6) is 0 Å². The smallest absolute Gasteiger partial charge is 0.262 e. The van der Waals surface area contributed by atoms with Gasteiger partial charge < -0.3 is 5.32 Å². The largest absolute Gasteiger partial charge is 0.324 e. The summed E-state index contributed by atoms with van der Waals surface area (Å²) in [6.07, 6.45) is 0. The van der Waals surface area contributed by atoms with Crippen LogP contribution >= 0.6 is 27.7 Å². The van der Waals surface area contributed by atoms with Crippen LogP contribution in [-0.2, 0) is 11.3 Å². The van der Waals surface area contributed by atoms with Gasteiger partial charge in [0.15, 0.2) is 5.16 Å². The van der Waals surface area contributed by atoms with E-state index in [-0.39, 0.29) is 11.5 Å². The van der Waals surface area contributed by atoms with Crippen molar-refractivity contribution in [3.8, 4) is 0 Å². The van der Waals surface area contributed by atoms with E-state index in [1.54, 1.807) is 10.6 Å². The Morgan fingerprint density at radius 3 is 2.48 bits per heavy atom. The second-order valence-electron chi connectivity index (χ2n) is 7.02. The summed E-state index contributed by atoms with van der Waals surface area (Å²) in [6.45, 7) is 2.20. The Balaban J connectivity index is 1.67. The van der Waals surface area contributed by atoms with Gasteiger partial charge in [-0.3, -0.25) is 14.2 Å². The number of aromatic nitrogens is 2. The lowest BCUT2D eigenvalue weighted by Crippen LogP contribution is -2.27. The monoisotopic (exact) mass is 493 g/mol. The Labute approximate surface area is 192 Å². The molecule has 156 valence electrons. The van der Waals surface area contributed by atoms with Gasteiger partial charge in [-0.15, -0.1) is 0 Å². The molecule has 4 aromatic rings. The molecule has 1 unspecified atom stereocenters. The summed E-state index contributed by atoms with van der Waals surface area (Å²) in [5, 5.41) is 3.55. The average Bonchev–Trinajstić information content (AvgIpc) is 2.78. The molecule has 0 saturated carbocycles. The number of benzene rings is 3. The molecule has 0 aliphatic carbocycles. The van der Waals surface area contributed by atoms with Gasteiger partial charge in [0.25, 0.3) is 5.56 Å². The summed E-state index contributed by atoms with van der Waals surface area (Å²) in [5.74, 6) is -0.162. The first-order valence-electron chi connectivity index (χ1n) is 9.78. The molecule has 5 nitrogen and oxygen atoms in total. The van der Waals surface area contributed by atoms with Crippen LogP contribution in [0.15, 0.2) is 93.3 Å². The van der Waals surface area contributed by atoms with Gasteiger partial charge >= 0.3 is 0 Å². The molecular formula is C24H20BrN3O2S. The predicted molar refractivity (Wildman–Crippen MR) is 130 cm³/mol. The van der Waals surface area contributed by atoms with Gasteiger partial charge in [-0.25, -0.2) is 4.98 Å². The molecule has 4 rings (SSSR count). The molecule has 0 saturated heterocycles. The van der Waals surface area contributed by atoms with E-state index in [1.807, 2.05) is 79.7 Å². The van der Waals surface area contributed by atoms with E-state index in [0.29, 0.717) is 28.3 Å². The highest BCUT2D eigenvalue weighted by Crippen LogP contribution is 2.26. The minimum Gasteiger partial charge on any atom is -0.324 e. The molecule has 1 amide bonds. The van der Waals surface area contributed by atoms with Gasteiger partial charge in [0.2, 0.25) is 5.91 Å². The van der Waals surface area contributed by atoms with Gasteiger partial charge in [0, 0.05) is 4.47 Å². The first kappa shape index (κ1) is 21.3. The minimum atomic E-state index is -0.456. The van der Waals surface area contributed by atoms with Crippen LogP contribution in [0.3, 0.4) is 0 Å². The second kappa shape index (κ2) is 9.49. The molecule has 0 fully saturated rings. The Morgan fingerprint density at radius 2 is 1.71 bits per heavy atom. The standard InChI is InChI=1S/C24H20BrN3O2S/c1-16(22(29)26-21-14-8-6-12-19(21)25)31-24-27-20-13-7-5-11-18(20)23(30)28(24)15-17-9-3-2-4-10-17/h2-14,16H,15H2,1H3,(H,26,29). The van der Waals surface area contributed by atoms with Crippen LogP contribution in [0.25, 0.3) is 10.9 Å². The third-order valence-electron chi connectivity index (χ3n) is 4.79. The van der Waals surface area contributed by atoms with Gasteiger partial charge in [0.05, 0.1) is 28.4 Å². The van der Waals surface area contributed by atoms with E-state index in [2.05, 4.69) is 21.2 Å². The van der Waals surface area contributed by atoms with Crippen LogP contribution in [0.2, 0.25) is 0 Å². The lowest BCUT2D eigenvalue weighted by atomic mass is 10.2. The number of thioether (sulfide) groups is 1. The summed E-state index contributed by atoms with van der Waals surface area (Å²) >= 11 is 4.72. The summed E-state index contributed by atoms with van der Waals surface area (Å²) in [4.78, 5) is 30.8. The third kappa shape index (κ3) is 4.89. The maximum absolute atomic E-state index is 13.2. The average molecular weight is 494 g/mol. The zero-order chi connectivity index (χ0) is 21.8. The molecule has 0 aliphatic rings. The fraction of sp³-hybridized carbons (Fsp3) is 0.125. The molecule has 1 atom stereocenters. The molecule has 1 N–H and O–H groups in total. The van der Waals surface area contributed by atoms with Crippen LogP contribution in [0.1, 0.15) is 12.5 Å². The van der Waals surface area contributed by atoms with Crippen molar-refractivity contribution in [3.63, 3.8) is 0 Å². The first-order valence-corrected chi connectivity index (χ1v) is 11.5. The number of hydrogen-bond donors (Lipinski definition) is 1. The molecule has 0 bridgehead atoms. The number of nitrogens with zero attached hydrogens (tertiary/aromatic N) is 2. The number of nitrogens with one attached hydrogen (secondary N) is 1. The van der Waals surface area contributed by atoms with Gasteiger partial charge in [0.1, 0.15) is 0 Å². The van der Waals surface area contributed by atoms with Crippen molar-refractivity contribution in [1.29, 1.82) is 0 Å². The van der Waals surface area contributed by atoms with Crippen molar-refractivity contribution < 1.29 is 4.79 Å². The Hall–Kier alpha value is -2.90. The van der Waals surface area contributed by atoms with Crippen molar-refractivity contribution in [2.45, 2.75) is 23.9 Å². The molecule has 0 aliphatic heterocycles. The maximum atomic E-state index is 13.2. The summed E-state index contributed by atoms with van der Waals surface area (Å²) in [5.41, 5.74) is 2.20. The fourth-order valence-electron chi connectivity index (χ4n) is 3.15. The van der Waals surface area contributed by atoms with Gasteiger partial charge in [-0.1, -0.05) is 66.4 Å². The maximum Gasteiger partial charge on any atom is 0.262 e. The molecule has 3 aromatic carbocycles. The molecule has 1 heterocycles. The van der Waals surface area contributed by atoms with Crippen molar-refractivity contribution >= 4 is 50.2 Å². The SMILES string of the molecule is CC(Sc1nc2ccccc2c(=O)n1Cc1ccccc1)C(=O)Nc1ccccc1Br. The van der Waals surface area contributed by atoms with Crippen molar-refractivity contribution in [1.82, 2.24) is 9.55 Å². The Morgan fingerprint density at radius 1 is 1.03 bits per heavy atom. The van der Waals surface area contributed by atoms with E-state index >= 15 is 0 Å². The number of amides is 1. The van der Waals surface area contributed by atoms with E-state index < -0.39 is 5.25 Å². The predicted octanol–water partition coefficient (Wildman–Crippen LogP) is 5.33. The number of fused-ring (bicyclic) bond motifs is 1. The van der Waals surface area contributed by atoms with Crippen LogP contribution < -0.4 is 10.9 Å². The van der Waals surface area contributed by atoms with Crippen LogP contribution in [-0.4, -0.2) is 20.7 Å². The molecule has 31 heavy (non-hydrogen) atoms. The van der Waals surface area contributed by atoms with Crippen molar-refractivity contribution in [2.75, 3.05) is 5.32 Å². The van der Waals surface area contributed by atoms with E-state index in [1.165, 1.54) is 11.8 Å². The summed E-state index contributed by atoms with van der Waals surface area (Å²) in [7, 11) is 0. The number of halogens is 1. The van der Waals surface area contributed by atoms with Crippen LogP contribution in [0, 0.1) is 0 Å². The third-order valence-corrected chi connectivity index (χ3v) is 6.57. The minimum absolute atomic E-state index is 0.115. The first-order chi connectivity index (χ1) is 15.0. The summed E-state index contributed by atoms with van der Waals surface area (Å²) in [6, 6.07) is 24.5.